The van der Waals surface area contributed by atoms with Crippen LogP contribution in [-0.2, 0) is 17.9 Å². The van der Waals surface area contributed by atoms with Crippen LogP contribution in [0.1, 0.15) is 32.9 Å². The highest BCUT2D eigenvalue weighted by Crippen LogP contribution is 2.13. The zero-order valence-electron chi connectivity index (χ0n) is 11.9. The van der Waals surface area contributed by atoms with E-state index < -0.39 is 0 Å². The summed E-state index contributed by atoms with van der Waals surface area (Å²) in [5.41, 5.74) is 3.21. The summed E-state index contributed by atoms with van der Waals surface area (Å²) in [7, 11) is 1.65. The molecule has 0 unspecified atom stereocenters. The molecule has 1 aromatic carbocycles. The fraction of sp³-hybridized carbons (Fsp3) is 0.333. The Labute approximate surface area is 117 Å². The van der Waals surface area contributed by atoms with Crippen LogP contribution in [0.25, 0.3) is 0 Å². The summed E-state index contributed by atoms with van der Waals surface area (Å²) >= 11 is 0. The number of hydrogen-bond donors (Lipinski definition) is 1. The molecule has 5 heteroatoms. The van der Waals surface area contributed by atoms with Crippen molar-refractivity contribution < 1.29 is 14.1 Å². The fourth-order valence-electron chi connectivity index (χ4n) is 2.10. The lowest BCUT2D eigenvalue weighted by atomic mass is 10.1. The third kappa shape index (κ3) is 3.05. The van der Waals surface area contributed by atoms with Gasteiger partial charge in [0, 0.05) is 13.7 Å². The second kappa shape index (κ2) is 6.34. The summed E-state index contributed by atoms with van der Waals surface area (Å²) in [6.45, 7) is 4.46. The van der Waals surface area contributed by atoms with Crippen molar-refractivity contribution >= 4 is 5.91 Å². The van der Waals surface area contributed by atoms with Crippen molar-refractivity contribution in [2.24, 2.45) is 0 Å². The van der Waals surface area contributed by atoms with Gasteiger partial charge in [0.25, 0.3) is 5.91 Å². The number of aromatic nitrogens is 1. The maximum atomic E-state index is 12.1. The Balaban J connectivity index is 2.08. The first-order valence-electron chi connectivity index (χ1n) is 6.40. The summed E-state index contributed by atoms with van der Waals surface area (Å²) in [6.07, 6.45) is 0. The number of aryl methyl sites for hydroxylation is 2. The van der Waals surface area contributed by atoms with E-state index in [1.165, 1.54) is 0 Å². The van der Waals surface area contributed by atoms with Crippen molar-refractivity contribution in [3.63, 3.8) is 0 Å². The summed E-state index contributed by atoms with van der Waals surface area (Å²) in [5, 5.41) is 6.67. The molecule has 0 saturated carbocycles. The molecule has 0 spiro atoms. The summed E-state index contributed by atoms with van der Waals surface area (Å²) in [4.78, 5) is 12.1. The van der Waals surface area contributed by atoms with Gasteiger partial charge >= 0.3 is 0 Å². The highest BCUT2D eigenvalue weighted by Gasteiger charge is 2.17. The monoisotopic (exact) mass is 274 g/mol. The molecule has 0 aliphatic rings. The third-order valence-corrected chi connectivity index (χ3v) is 3.12. The first-order chi connectivity index (χ1) is 9.63. The van der Waals surface area contributed by atoms with Gasteiger partial charge in [-0.2, -0.15) is 0 Å². The molecule has 0 atom stereocenters. The Morgan fingerprint density at radius 3 is 2.60 bits per heavy atom. The first-order valence-corrected chi connectivity index (χ1v) is 6.40. The average Bonchev–Trinajstić information content (AvgIpc) is 2.77. The number of carbonyl (C=O) groups excluding carboxylic acids is 1. The Bertz CT molecular complexity index is 585. The number of nitrogens with one attached hydrogen (secondary N) is 1. The Morgan fingerprint density at radius 1 is 1.30 bits per heavy atom. The lowest BCUT2D eigenvalue weighted by Gasteiger charge is -2.10. The van der Waals surface area contributed by atoms with Crippen molar-refractivity contribution in [3.8, 4) is 0 Å². The SMILES string of the molecule is COCc1ccccc1CNC(=O)c1c(C)noc1C. The van der Waals surface area contributed by atoms with Gasteiger partial charge in [0.2, 0.25) is 0 Å². The van der Waals surface area contributed by atoms with E-state index in [1.54, 1.807) is 21.0 Å². The van der Waals surface area contributed by atoms with Gasteiger partial charge in [-0.15, -0.1) is 0 Å². The number of methoxy groups -OCH3 is 1. The van der Waals surface area contributed by atoms with Gasteiger partial charge in [-0.25, -0.2) is 0 Å². The van der Waals surface area contributed by atoms with Crippen molar-refractivity contribution in [2.75, 3.05) is 7.11 Å². The molecular weight excluding hydrogens is 256 g/mol. The van der Waals surface area contributed by atoms with E-state index in [1.807, 2.05) is 24.3 Å². The van der Waals surface area contributed by atoms with E-state index in [4.69, 9.17) is 9.26 Å². The lowest BCUT2D eigenvalue weighted by Crippen LogP contribution is -2.24. The number of hydrogen-bond acceptors (Lipinski definition) is 4. The van der Waals surface area contributed by atoms with Crippen LogP contribution in [-0.4, -0.2) is 18.2 Å². The Morgan fingerprint density at radius 2 is 2.00 bits per heavy atom. The second-order valence-electron chi connectivity index (χ2n) is 4.58. The van der Waals surface area contributed by atoms with E-state index in [2.05, 4.69) is 10.5 Å². The smallest absolute Gasteiger partial charge is 0.257 e. The van der Waals surface area contributed by atoms with Crippen LogP contribution in [0.4, 0.5) is 0 Å². The molecule has 0 saturated heterocycles. The third-order valence-electron chi connectivity index (χ3n) is 3.12. The summed E-state index contributed by atoms with van der Waals surface area (Å²) in [6, 6.07) is 7.85. The van der Waals surface area contributed by atoms with Gasteiger partial charge in [-0.05, 0) is 25.0 Å². The van der Waals surface area contributed by atoms with Crippen molar-refractivity contribution in [2.45, 2.75) is 27.0 Å². The van der Waals surface area contributed by atoms with Crippen LogP contribution < -0.4 is 5.32 Å². The predicted octanol–water partition coefficient (Wildman–Crippen LogP) is 2.37. The van der Waals surface area contributed by atoms with Crippen molar-refractivity contribution in [1.82, 2.24) is 10.5 Å². The molecule has 5 nitrogen and oxygen atoms in total. The molecule has 1 amide bonds. The normalized spacial score (nSPS) is 10.6. The minimum Gasteiger partial charge on any atom is -0.380 e. The highest BCUT2D eigenvalue weighted by molar-refractivity contribution is 5.96. The van der Waals surface area contributed by atoms with Gasteiger partial charge in [-0.1, -0.05) is 29.4 Å². The van der Waals surface area contributed by atoms with Gasteiger partial charge < -0.3 is 14.6 Å². The zero-order valence-corrected chi connectivity index (χ0v) is 11.9. The summed E-state index contributed by atoms with van der Waals surface area (Å²) in [5.74, 6) is 0.360. The largest absolute Gasteiger partial charge is 0.380 e. The minimum atomic E-state index is -0.173. The summed E-state index contributed by atoms with van der Waals surface area (Å²) < 4.78 is 10.1. The minimum absolute atomic E-state index is 0.173. The Kier molecular flexibility index (Phi) is 4.53. The van der Waals surface area contributed by atoms with Gasteiger partial charge in [0.05, 0.1) is 12.3 Å². The number of benzene rings is 1. The van der Waals surface area contributed by atoms with Crippen LogP contribution >= 0.6 is 0 Å². The maximum absolute atomic E-state index is 12.1. The topological polar surface area (TPSA) is 64.4 Å². The highest BCUT2D eigenvalue weighted by atomic mass is 16.5. The molecule has 1 heterocycles. The van der Waals surface area contributed by atoms with Crippen LogP contribution in [0.2, 0.25) is 0 Å². The number of rotatable bonds is 5. The van der Waals surface area contributed by atoms with E-state index in [-0.39, 0.29) is 5.91 Å². The standard InChI is InChI=1S/C15H18N2O3/c1-10-14(11(2)20-17-10)15(18)16-8-12-6-4-5-7-13(12)9-19-3/h4-7H,8-9H2,1-3H3,(H,16,18). The van der Waals surface area contributed by atoms with Crippen molar-refractivity contribution in [3.05, 3.63) is 52.4 Å². The molecule has 0 aliphatic carbocycles. The Hall–Kier alpha value is -2.14. The molecule has 0 bridgehead atoms. The maximum Gasteiger partial charge on any atom is 0.257 e. The lowest BCUT2D eigenvalue weighted by molar-refractivity contribution is 0.0948. The zero-order chi connectivity index (χ0) is 14.5. The van der Waals surface area contributed by atoms with Crippen LogP contribution in [0.15, 0.2) is 28.8 Å². The number of nitrogens with zero attached hydrogens (tertiary/aromatic N) is 1. The van der Waals surface area contributed by atoms with E-state index in [0.29, 0.717) is 30.2 Å². The van der Waals surface area contributed by atoms with Gasteiger partial charge in [0.15, 0.2) is 0 Å². The molecule has 0 fully saturated rings. The molecule has 1 N–H and O–H groups in total. The molecule has 0 aliphatic heterocycles. The van der Waals surface area contributed by atoms with Gasteiger partial charge in [-0.3, -0.25) is 4.79 Å². The molecular formula is C15H18N2O3. The van der Waals surface area contributed by atoms with Crippen LogP contribution in [0.5, 0.6) is 0 Å². The molecule has 0 radical (unpaired) electrons. The number of amides is 1. The van der Waals surface area contributed by atoms with Crippen LogP contribution in [0, 0.1) is 13.8 Å². The molecule has 106 valence electrons. The fourth-order valence-corrected chi connectivity index (χ4v) is 2.10. The van der Waals surface area contributed by atoms with E-state index >= 15 is 0 Å². The van der Waals surface area contributed by atoms with Crippen molar-refractivity contribution in [1.29, 1.82) is 0 Å². The number of ether oxygens (including phenoxy) is 1. The molecule has 2 rings (SSSR count). The first kappa shape index (κ1) is 14.3. The van der Waals surface area contributed by atoms with Crippen LogP contribution in [0.3, 0.4) is 0 Å². The van der Waals surface area contributed by atoms with E-state index in [9.17, 15) is 4.79 Å². The molecule has 20 heavy (non-hydrogen) atoms. The second-order valence-corrected chi connectivity index (χ2v) is 4.58. The van der Waals surface area contributed by atoms with Gasteiger partial charge in [0.1, 0.15) is 11.3 Å². The van der Waals surface area contributed by atoms with E-state index in [0.717, 1.165) is 11.1 Å². The molecule has 1 aromatic heterocycles. The average molecular weight is 274 g/mol. The predicted molar refractivity (Wildman–Crippen MR) is 74.3 cm³/mol. The quantitative estimate of drug-likeness (QED) is 0.909. The number of carbonyl (C=O) groups is 1. The molecule has 2 aromatic rings.